The van der Waals surface area contributed by atoms with Crippen molar-refractivity contribution < 1.29 is 5.11 Å². The van der Waals surface area contributed by atoms with E-state index in [1.807, 2.05) is 12.1 Å². The average molecular weight is 312 g/mol. The van der Waals surface area contributed by atoms with Gasteiger partial charge >= 0.3 is 0 Å². The third-order valence-corrected chi connectivity index (χ3v) is 3.47. The largest absolute Gasteiger partial charge is 0.394 e. The van der Waals surface area contributed by atoms with Gasteiger partial charge in [-0.05, 0) is 23.8 Å². The molecule has 2 rings (SSSR count). The first kappa shape index (κ1) is 16.0. The molecule has 1 fully saturated rings. The van der Waals surface area contributed by atoms with Crippen molar-refractivity contribution in [2.45, 2.75) is 6.04 Å². The van der Waals surface area contributed by atoms with Crippen molar-refractivity contribution >= 4 is 35.6 Å². The fraction of sp³-hybridized carbons (Fsp3) is 0.500. The Morgan fingerprint density at radius 1 is 1.17 bits per heavy atom. The van der Waals surface area contributed by atoms with E-state index in [1.54, 1.807) is 6.07 Å². The van der Waals surface area contributed by atoms with Gasteiger partial charge in [0, 0.05) is 36.2 Å². The summed E-state index contributed by atoms with van der Waals surface area (Å²) in [4.78, 5) is 2.25. The molecule has 1 heterocycles. The number of hydrogen-bond donors (Lipinski definition) is 2. The fourth-order valence-electron chi connectivity index (χ4n) is 2.19. The number of hydrogen-bond acceptors (Lipinski definition) is 3. The van der Waals surface area contributed by atoms with Crippen LogP contribution in [0.3, 0.4) is 0 Å². The molecule has 0 aliphatic carbocycles. The average Bonchev–Trinajstić information content (AvgIpc) is 2.30. The summed E-state index contributed by atoms with van der Waals surface area (Å²) in [5.74, 6) is 0. The minimum atomic E-state index is -0.0201. The molecule has 0 spiro atoms. The number of aliphatic hydroxyl groups is 1. The van der Waals surface area contributed by atoms with E-state index in [-0.39, 0.29) is 25.1 Å². The Balaban J connectivity index is 0.00000162. The molecule has 0 aromatic heterocycles. The van der Waals surface area contributed by atoms with Crippen LogP contribution < -0.4 is 5.32 Å². The summed E-state index contributed by atoms with van der Waals surface area (Å²) in [5, 5.41) is 14.1. The van der Waals surface area contributed by atoms with E-state index in [0.29, 0.717) is 10.0 Å². The second-order valence-electron chi connectivity index (χ2n) is 4.19. The lowest BCUT2D eigenvalue weighted by Crippen LogP contribution is -2.46. The molecular weight excluding hydrogens is 295 g/mol. The van der Waals surface area contributed by atoms with Crippen LogP contribution in [-0.4, -0.2) is 42.8 Å². The van der Waals surface area contributed by atoms with Crippen LogP contribution in [0.1, 0.15) is 11.6 Å². The maximum absolute atomic E-state index is 9.57. The zero-order chi connectivity index (χ0) is 12.3. The van der Waals surface area contributed by atoms with E-state index in [4.69, 9.17) is 23.2 Å². The number of benzene rings is 1. The van der Waals surface area contributed by atoms with Gasteiger partial charge in [-0.15, -0.1) is 12.4 Å². The Kier molecular flexibility index (Phi) is 6.71. The summed E-state index contributed by atoms with van der Waals surface area (Å²) >= 11 is 12.0. The van der Waals surface area contributed by atoms with Gasteiger partial charge in [-0.1, -0.05) is 23.2 Å². The topological polar surface area (TPSA) is 35.5 Å². The standard InChI is InChI=1S/C12H16Cl2N2O.ClH/c13-10-5-9(6-11(14)7-10)12(8-17)16-3-1-15-2-4-16;/h5-7,12,15,17H,1-4,8H2;1H/t12-;/m0./s1. The molecular formula is C12H17Cl3N2O. The van der Waals surface area contributed by atoms with Crippen LogP contribution in [-0.2, 0) is 0 Å². The molecule has 1 atom stereocenters. The van der Waals surface area contributed by atoms with Crippen molar-refractivity contribution in [1.82, 2.24) is 10.2 Å². The first-order chi connectivity index (χ1) is 8.20. The molecule has 0 unspecified atom stereocenters. The van der Waals surface area contributed by atoms with Crippen LogP contribution in [0.25, 0.3) is 0 Å². The normalized spacial score (nSPS) is 18.2. The third-order valence-electron chi connectivity index (χ3n) is 3.03. The second-order valence-corrected chi connectivity index (χ2v) is 5.06. The van der Waals surface area contributed by atoms with Gasteiger partial charge in [0.2, 0.25) is 0 Å². The predicted molar refractivity (Wildman–Crippen MR) is 78.0 cm³/mol. The molecule has 1 saturated heterocycles. The van der Waals surface area contributed by atoms with Gasteiger partial charge in [-0.3, -0.25) is 4.90 Å². The van der Waals surface area contributed by atoms with Crippen molar-refractivity contribution in [3.05, 3.63) is 33.8 Å². The van der Waals surface area contributed by atoms with Crippen molar-refractivity contribution in [3.8, 4) is 0 Å². The lowest BCUT2D eigenvalue weighted by atomic mass is 10.1. The number of nitrogens with one attached hydrogen (secondary N) is 1. The maximum atomic E-state index is 9.57. The Morgan fingerprint density at radius 3 is 2.22 bits per heavy atom. The Labute approximate surface area is 123 Å². The molecule has 102 valence electrons. The van der Waals surface area contributed by atoms with E-state index in [0.717, 1.165) is 31.7 Å². The number of aliphatic hydroxyl groups excluding tert-OH is 1. The number of rotatable bonds is 3. The fourth-order valence-corrected chi connectivity index (χ4v) is 2.74. The molecule has 0 bridgehead atoms. The Bertz CT molecular complexity index is 363. The van der Waals surface area contributed by atoms with Gasteiger partial charge in [0.1, 0.15) is 0 Å². The third kappa shape index (κ3) is 3.98. The number of piperazine rings is 1. The summed E-state index contributed by atoms with van der Waals surface area (Å²) in [6.45, 7) is 3.83. The highest BCUT2D eigenvalue weighted by molar-refractivity contribution is 6.34. The minimum absolute atomic E-state index is 0. The van der Waals surface area contributed by atoms with Gasteiger partial charge in [0.05, 0.1) is 12.6 Å². The van der Waals surface area contributed by atoms with Crippen LogP contribution in [0, 0.1) is 0 Å². The molecule has 0 amide bonds. The molecule has 18 heavy (non-hydrogen) atoms. The Hall–Kier alpha value is -0.0300. The summed E-state index contributed by atoms with van der Waals surface area (Å²) in [5.41, 5.74) is 0.979. The highest BCUT2D eigenvalue weighted by Gasteiger charge is 2.21. The van der Waals surface area contributed by atoms with Crippen LogP contribution in [0.4, 0.5) is 0 Å². The van der Waals surface area contributed by atoms with Gasteiger partial charge in [0.25, 0.3) is 0 Å². The first-order valence-electron chi connectivity index (χ1n) is 5.72. The maximum Gasteiger partial charge on any atom is 0.0628 e. The lowest BCUT2D eigenvalue weighted by molar-refractivity contribution is 0.111. The lowest BCUT2D eigenvalue weighted by Gasteiger charge is -2.34. The van der Waals surface area contributed by atoms with Crippen LogP contribution in [0.5, 0.6) is 0 Å². The van der Waals surface area contributed by atoms with Crippen LogP contribution >= 0.6 is 35.6 Å². The van der Waals surface area contributed by atoms with Gasteiger partial charge in [0.15, 0.2) is 0 Å². The Morgan fingerprint density at radius 2 is 1.72 bits per heavy atom. The summed E-state index contributed by atoms with van der Waals surface area (Å²) in [6, 6.07) is 5.43. The SMILES string of the molecule is Cl.OC[C@@H](c1cc(Cl)cc(Cl)c1)N1CCNCC1. The van der Waals surface area contributed by atoms with E-state index >= 15 is 0 Å². The van der Waals surface area contributed by atoms with E-state index < -0.39 is 0 Å². The smallest absolute Gasteiger partial charge is 0.0628 e. The summed E-state index contributed by atoms with van der Waals surface area (Å²) in [6.07, 6.45) is 0. The van der Waals surface area contributed by atoms with E-state index in [1.165, 1.54) is 0 Å². The molecule has 1 aliphatic heterocycles. The summed E-state index contributed by atoms with van der Waals surface area (Å²) in [7, 11) is 0. The van der Waals surface area contributed by atoms with Gasteiger partial charge in [-0.25, -0.2) is 0 Å². The van der Waals surface area contributed by atoms with Crippen molar-refractivity contribution in [3.63, 3.8) is 0 Å². The molecule has 0 saturated carbocycles. The van der Waals surface area contributed by atoms with Crippen molar-refractivity contribution in [2.24, 2.45) is 0 Å². The molecule has 3 nitrogen and oxygen atoms in total. The molecule has 1 aliphatic rings. The quantitative estimate of drug-likeness (QED) is 0.899. The van der Waals surface area contributed by atoms with Crippen molar-refractivity contribution in [1.29, 1.82) is 0 Å². The second kappa shape index (κ2) is 7.53. The van der Waals surface area contributed by atoms with Crippen molar-refractivity contribution in [2.75, 3.05) is 32.8 Å². The number of halogens is 3. The van der Waals surface area contributed by atoms with Gasteiger partial charge in [-0.2, -0.15) is 0 Å². The number of nitrogens with zero attached hydrogens (tertiary/aromatic N) is 1. The molecule has 1 aromatic rings. The van der Waals surface area contributed by atoms with Crippen LogP contribution in [0.2, 0.25) is 10.0 Å². The first-order valence-corrected chi connectivity index (χ1v) is 6.48. The zero-order valence-corrected chi connectivity index (χ0v) is 12.2. The molecule has 1 aromatic carbocycles. The molecule has 2 N–H and O–H groups in total. The molecule has 0 radical (unpaired) electrons. The van der Waals surface area contributed by atoms with E-state index in [9.17, 15) is 5.11 Å². The summed E-state index contributed by atoms with van der Waals surface area (Å²) < 4.78 is 0. The zero-order valence-electron chi connectivity index (χ0n) is 9.90. The predicted octanol–water partition coefficient (Wildman–Crippen LogP) is 2.35. The monoisotopic (exact) mass is 310 g/mol. The highest BCUT2D eigenvalue weighted by Crippen LogP contribution is 2.27. The van der Waals surface area contributed by atoms with Crippen LogP contribution in [0.15, 0.2) is 18.2 Å². The highest BCUT2D eigenvalue weighted by atomic mass is 35.5. The van der Waals surface area contributed by atoms with E-state index in [2.05, 4.69) is 10.2 Å². The minimum Gasteiger partial charge on any atom is -0.394 e. The van der Waals surface area contributed by atoms with Gasteiger partial charge < -0.3 is 10.4 Å². The molecule has 6 heteroatoms.